The topological polar surface area (TPSA) is 55.5 Å². The van der Waals surface area contributed by atoms with Gasteiger partial charge in [-0.1, -0.05) is 0 Å². The van der Waals surface area contributed by atoms with Crippen LogP contribution in [-0.2, 0) is 17.8 Å². The zero-order chi connectivity index (χ0) is 14.1. The molecule has 2 aliphatic heterocycles. The molecule has 1 aromatic heterocycles. The Morgan fingerprint density at radius 2 is 2.05 bits per heavy atom. The van der Waals surface area contributed by atoms with Crippen LogP contribution in [0.2, 0.25) is 0 Å². The van der Waals surface area contributed by atoms with Gasteiger partial charge in [-0.3, -0.25) is 14.8 Å². The number of aromatic nitrogens is 2. The molecule has 0 aliphatic carbocycles. The standard InChI is InChI=1S/C14H23N5O/c1-11(18-7-5-17(2)6-8-18)14(20)19-4-3-13-12(10-19)9-15-16-13/h9,11H,3-8,10H2,1-2H3,(H,15,16). The molecule has 1 atom stereocenters. The fraction of sp³-hybridized carbons (Fsp3) is 0.714. The number of H-pyrrole nitrogens is 1. The fourth-order valence-corrected chi connectivity index (χ4v) is 3.04. The summed E-state index contributed by atoms with van der Waals surface area (Å²) in [6.45, 7) is 7.59. The molecule has 1 N–H and O–H groups in total. The van der Waals surface area contributed by atoms with Gasteiger partial charge in [0.1, 0.15) is 0 Å². The van der Waals surface area contributed by atoms with Crippen molar-refractivity contribution >= 4 is 5.91 Å². The molecule has 1 amide bonds. The van der Waals surface area contributed by atoms with Crippen LogP contribution >= 0.6 is 0 Å². The second-order valence-electron chi connectivity index (χ2n) is 5.90. The highest BCUT2D eigenvalue weighted by Gasteiger charge is 2.30. The Labute approximate surface area is 119 Å². The summed E-state index contributed by atoms with van der Waals surface area (Å²) in [5.41, 5.74) is 2.34. The van der Waals surface area contributed by atoms with Crippen LogP contribution < -0.4 is 0 Å². The SMILES string of the molecule is CC(C(=O)N1CCc2[nH]ncc2C1)N1CCN(C)CC1. The van der Waals surface area contributed by atoms with Gasteiger partial charge in [-0.05, 0) is 14.0 Å². The number of aromatic amines is 1. The van der Waals surface area contributed by atoms with Gasteiger partial charge in [-0.15, -0.1) is 0 Å². The van der Waals surface area contributed by atoms with Gasteiger partial charge in [-0.2, -0.15) is 5.10 Å². The summed E-state index contributed by atoms with van der Waals surface area (Å²) in [6.07, 6.45) is 2.73. The van der Waals surface area contributed by atoms with E-state index in [0.717, 1.165) is 44.7 Å². The van der Waals surface area contributed by atoms with E-state index in [9.17, 15) is 4.79 Å². The first-order valence-electron chi connectivity index (χ1n) is 7.37. The molecule has 0 radical (unpaired) electrons. The lowest BCUT2D eigenvalue weighted by Crippen LogP contribution is -2.54. The van der Waals surface area contributed by atoms with Crippen LogP contribution in [0.15, 0.2) is 6.20 Å². The first-order valence-corrected chi connectivity index (χ1v) is 7.37. The molecule has 0 spiro atoms. The molecule has 1 saturated heterocycles. The van der Waals surface area contributed by atoms with E-state index in [4.69, 9.17) is 0 Å². The van der Waals surface area contributed by atoms with Gasteiger partial charge in [-0.25, -0.2) is 0 Å². The van der Waals surface area contributed by atoms with Crippen LogP contribution in [0, 0.1) is 0 Å². The zero-order valence-corrected chi connectivity index (χ0v) is 12.3. The van der Waals surface area contributed by atoms with Crippen molar-refractivity contribution in [1.29, 1.82) is 0 Å². The van der Waals surface area contributed by atoms with Gasteiger partial charge < -0.3 is 9.80 Å². The summed E-state index contributed by atoms with van der Waals surface area (Å²) in [5, 5.41) is 7.07. The Morgan fingerprint density at radius 1 is 1.30 bits per heavy atom. The van der Waals surface area contributed by atoms with Gasteiger partial charge >= 0.3 is 0 Å². The van der Waals surface area contributed by atoms with Crippen LogP contribution in [0.1, 0.15) is 18.2 Å². The van der Waals surface area contributed by atoms with Crippen molar-refractivity contribution in [2.24, 2.45) is 0 Å². The van der Waals surface area contributed by atoms with Gasteiger partial charge in [0.15, 0.2) is 0 Å². The van der Waals surface area contributed by atoms with Gasteiger partial charge in [0.05, 0.1) is 12.2 Å². The number of nitrogens with zero attached hydrogens (tertiary/aromatic N) is 4. The smallest absolute Gasteiger partial charge is 0.239 e. The van der Waals surface area contributed by atoms with Crippen LogP contribution in [0.5, 0.6) is 0 Å². The number of carbonyl (C=O) groups is 1. The molecule has 0 bridgehead atoms. The maximum atomic E-state index is 12.7. The van der Waals surface area contributed by atoms with Crippen molar-refractivity contribution < 1.29 is 4.79 Å². The first kappa shape index (κ1) is 13.6. The number of hydrogen-bond donors (Lipinski definition) is 1. The predicted molar refractivity (Wildman–Crippen MR) is 76.2 cm³/mol. The Morgan fingerprint density at radius 3 is 2.80 bits per heavy atom. The van der Waals surface area contributed by atoms with Crippen molar-refractivity contribution in [1.82, 2.24) is 24.9 Å². The minimum atomic E-state index is -0.0165. The highest BCUT2D eigenvalue weighted by Crippen LogP contribution is 2.18. The Hall–Kier alpha value is -1.40. The lowest BCUT2D eigenvalue weighted by Gasteiger charge is -2.38. The predicted octanol–water partition coefficient (Wildman–Crippen LogP) is -0.0697. The summed E-state index contributed by atoms with van der Waals surface area (Å²) in [6, 6.07) is -0.0165. The molecule has 1 fully saturated rings. The summed E-state index contributed by atoms with van der Waals surface area (Å²) >= 11 is 0. The minimum absolute atomic E-state index is 0.0165. The van der Waals surface area contributed by atoms with Crippen molar-refractivity contribution in [2.75, 3.05) is 39.8 Å². The van der Waals surface area contributed by atoms with Crippen molar-refractivity contribution in [3.8, 4) is 0 Å². The lowest BCUT2D eigenvalue weighted by atomic mass is 10.1. The fourth-order valence-electron chi connectivity index (χ4n) is 3.04. The number of likely N-dealkylation sites (N-methyl/N-ethyl adjacent to an activating group) is 1. The molecule has 3 heterocycles. The second-order valence-corrected chi connectivity index (χ2v) is 5.90. The molecule has 0 saturated carbocycles. The molecule has 1 aromatic rings. The van der Waals surface area contributed by atoms with E-state index >= 15 is 0 Å². The van der Waals surface area contributed by atoms with Crippen molar-refractivity contribution in [2.45, 2.75) is 25.9 Å². The molecule has 0 aromatic carbocycles. The molecule has 110 valence electrons. The van der Waals surface area contributed by atoms with E-state index in [2.05, 4.69) is 27.0 Å². The van der Waals surface area contributed by atoms with Crippen molar-refractivity contribution in [3.63, 3.8) is 0 Å². The van der Waals surface area contributed by atoms with E-state index in [0.29, 0.717) is 6.54 Å². The highest BCUT2D eigenvalue weighted by atomic mass is 16.2. The van der Waals surface area contributed by atoms with E-state index in [1.165, 1.54) is 5.69 Å². The molecule has 6 heteroatoms. The summed E-state index contributed by atoms with van der Waals surface area (Å²) in [4.78, 5) is 19.2. The molecular formula is C14H23N5O. The Kier molecular flexibility index (Phi) is 3.76. The third-order valence-corrected chi connectivity index (χ3v) is 4.56. The molecular weight excluding hydrogens is 254 g/mol. The van der Waals surface area contributed by atoms with Crippen LogP contribution in [0.3, 0.4) is 0 Å². The van der Waals surface area contributed by atoms with Gasteiger partial charge in [0, 0.05) is 56.9 Å². The van der Waals surface area contributed by atoms with Gasteiger partial charge in [0.25, 0.3) is 0 Å². The third-order valence-electron chi connectivity index (χ3n) is 4.56. The first-order chi connectivity index (χ1) is 9.65. The summed E-state index contributed by atoms with van der Waals surface area (Å²) in [5.74, 6) is 0.251. The van der Waals surface area contributed by atoms with E-state index < -0.39 is 0 Å². The summed E-state index contributed by atoms with van der Waals surface area (Å²) in [7, 11) is 2.13. The van der Waals surface area contributed by atoms with Crippen LogP contribution in [0.25, 0.3) is 0 Å². The largest absolute Gasteiger partial charge is 0.336 e. The monoisotopic (exact) mass is 277 g/mol. The average molecular weight is 277 g/mol. The van der Waals surface area contributed by atoms with Crippen LogP contribution in [0.4, 0.5) is 0 Å². The third kappa shape index (κ3) is 2.58. The Bertz CT molecular complexity index is 478. The number of carbonyl (C=O) groups excluding carboxylic acids is 1. The number of hydrogen-bond acceptors (Lipinski definition) is 4. The number of nitrogens with one attached hydrogen (secondary N) is 1. The maximum Gasteiger partial charge on any atom is 0.239 e. The highest BCUT2D eigenvalue weighted by molar-refractivity contribution is 5.81. The van der Waals surface area contributed by atoms with Gasteiger partial charge in [0.2, 0.25) is 5.91 Å². The summed E-state index contributed by atoms with van der Waals surface area (Å²) < 4.78 is 0. The minimum Gasteiger partial charge on any atom is -0.336 e. The second kappa shape index (κ2) is 5.54. The lowest BCUT2D eigenvalue weighted by molar-refractivity contribution is -0.138. The number of fused-ring (bicyclic) bond motifs is 1. The van der Waals surface area contributed by atoms with Crippen LogP contribution in [-0.4, -0.2) is 76.6 Å². The number of rotatable bonds is 2. The van der Waals surface area contributed by atoms with E-state index in [1.807, 2.05) is 18.0 Å². The molecule has 3 rings (SSSR count). The normalized spacial score (nSPS) is 22.6. The molecule has 20 heavy (non-hydrogen) atoms. The number of piperazine rings is 1. The Balaban J connectivity index is 1.61. The number of amides is 1. The molecule has 1 unspecified atom stereocenters. The molecule has 2 aliphatic rings. The van der Waals surface area contributed by atoms with Crippen molar-refractivity contribution in [3.05, 3.63) is 17.5 Å². The average Bonchev–Trinajstić information content (AvgIpc) is 2.94. The van der Waals surface area contributed by atoms with E-state index in [1.54, 1.807) is 0 Å². The maximum absolute atomic E-state index is 12.7. The quantitative estimate of drug-likeness (QED) is 0.822. The molecule has 6 nitrogen and oxygen atoms in total. The zero-order valence-electron chi connectivity index (χ0n) is 12.3. The van der Waals surface area contributed by atoms with E-state index in [-0.39, 0.29) is 11.9 Å².